The average molecular weight is 462 g/mol. The van der Waals surface area contributed by atoms with Crippen LogP contribution in [0.3, 0.4) is 0 Å². The summed E-state index contributed by atoms with van der Waals surface area (Å²) in [7, 11) is 0. The number of nitrogens with one attached hydrogen (secondary N) is 3. The standard InChI is InChI=1S/C18H30N4O2.HI/c1-6-19-17(21-13-16(23)22-18(3,4)5)20-11-12-24-15-10-8-7-9-14(15)2;/h7-10H,6,11-13H2,1-5H3,(H,22,23)(H2,19,20,21);1H. The maximum Gasteiger partial charge on any atom is 0.242 e. The van der Waals surface area contributed by atoms with E-state index in [0.717, 1.165) is 17.9 Å². The molecule has 1 rings (SSSR count). The van der Waals surface area contributed by atoms with Crippen molar-refractivity contribution in [2.24, 2.45) is 4.99 Å². The number of aliphatic imine (C=N–C) groups is 1. The van der Waals surface area contributed by atoms with E-state index >= 15 is 0 Å². The molecular formula is C18H31IN4O2. The SMILES string of the molecule is CCNC(=NCC(=O)NC(C)(C)C)NCCOc1ccccc1C.I. The summed E-state index contributed by atoms with van der Waals surface area (Å²) >= 11 is 0. The van der Waals surface area contributed by atoms with E-state index in [1.165, 1.54) is 0 Å². The third kappa shape index (κ3) is 10.9. The number of aryl methyl sites for hydroxylation is 1. The molecule has 0 unspecified atom stereocenters. The molecule has 0 radical (unpaired) electrons. The second kappa shape index (κ2) is 11.9. The predicted octanol–water partition coefficient (Wildman–Crippen LogP) is 2.46. The Bertz CT molecular complexity index is 556. The van der Waals surface area contributed by atoms with Crippen LogP contribution in [0.2, 0.25) is 0 Å². The van der Waals surface area contributed by atoms with Crippen LogP contribution in [0.4, 0.5) is 0 Å². The number of guanidine groups is 1. The lowest BCUT2D eigenvalue weighted by atomic mass is 10.1. The molecule has 7 heteroatoms. The summed E-state index contributed by atoms with van der Waals surface area (Å²) in [6, 6.07) is 7.90. The van der Waals surface area contributed by atoms with Gasteiger partial charge in [0.05, 0.1) is 6.54 Å². The second-order valence-corrected chi connectivity index (χ2v) is 6.53. The number of halogens is 1. The molecule has 142 valence electrons. The van der Waals surface area contributed by atoms with Crippen molar-refractivity contribution in [3.63, 3.8) is 0 Å². The molecule has 1 aromatic rings. The Balaban J connectivity index is 0.00000576. The first-order valence-electron chi connectivity index (χ1n) is 8.33. The van der Waals surface area contributed by atoms with Gasteiger partial charge in [-0.3, -0.25) is 4.79 Å². The molecule has 0 atom stereocenters. The molecule has 1 aromatic carbocycles. The normalized spacial score (nSPS) is 11.3. The van der Waals surface area contributed by atoms with E-state index in [0.29, 0.717) is 19.1 Å². The molecule has 0 bridgehead atoms. The highest BCUT2D eigenvalue weighted by Gasteiger charge is 2.13. The number of benzene rings is 1. The summed E-state index contributed by atoms with van der Waals surface area (Å²) in [4.78, 5) is 16.1. The van der Waals surface area contributed by atoms with Gasteiger partial charge in [0.25, 0.3) is 0 Å². The van der Waals surface area contributed by atoms with Gasteiger partial charge in [0, 0.05) is 12.1 Å². The maximum atomic E-state index is 11.8. The molecule has 25 heavy (non-hydrogen) atoms. The zero-order valence-electron chi connectivity index (χ0n) is 15.8. The van der Waals surface area contributed by atoms with Crippen molar-refractivity contribution >= 4 is 35.8 Å². The third-order valence-electron chi connectivity index (χ3n) is 2.99. The lowest BCUT2D eigenvalue weighted by molar-refractivity contribution is -0.121. The number of nitrogens with zero attached hydrogens (tertiary/aromatic N) is 1. The van der Waals surface area contributed by atoms with Crippen LogP contribution in [0.5, 0.6) is 5.75 Å². The summed E-state index contributed by atoms with van der Waals surface area (Å²) in [6.07, 6.45) is 0. The van der Waals surface area contributed by atoms with Crippen molar-refractivity contribution in [1.82, 2.24) is 16.0 Å². The van der Waals surface area contributed by atoms with Crippen LogP contribution in [0.1, 0.15) is 33.3 Å². The zero-order chi connectivity index (χ0) is 18.0. The van der Waals surface area contributed by atoms with Crippen molar-refractivity contribution in [2.75, 3.05) is 26.2 Å². The fourth-order valence-electron chi connectivity index (χ4n) is 2.00. The van der Waals surface area contributed by atoms with Gasteiger partial charge in [-0.2, -0.15) is 0 Å². The molecule has 1 amide bonds. The van der Waals surface area contributed by atoms with Crippen LogP contribution in [0.15, 0.2) is 29.3 Å². The fraction of sp³-hybridized carbons (Fsp3) is 0.556. The van der Waals surface area contributed by atoms with Crippen LogP contribution in [-0.4, -0.2) is 43.6 Å². The second-order valence-electron chi connectivity index (χ2n) is 6.53. The summed E-state index contributed by atoms with van der Waals surface area (Å²) in [5.74, 6) is 1.39. The Hall–Kier alpha value is -1.51. The first kappa shape index (κ1) is 23.5. The highest BCUT2D eigenvalue weighted by molar-refractivity contribution is 14.0. The summed E-state index contributed by atoms with van der Waals surface area (Å²) < 4.78 is 5.73. The minimum absolute atomic E-state index is 0. The molecular weight excluding hydrogens is 431 g/mol. The first-order valence-corrected chi connectivity index (χ1v) is 8.33. The van der Waals surface area contributed by atoms with E-state index in [9.17, 15) is 4.79 Å². The number of hydrogen-bond donors (Lipinski definition) is 3. The fourth-order valence-corrected chi connectivity index (χ4v) is 2.00. The number of carbonyl (C=O) groups excluding carboxylic acids is 1. The highest BCUT2D eigenvalue weighted by Crippen LogP contribution is 2.15. The van der Waals surface area contributed by atoms with Crippen molar-refractivity contribution < 1.29 is 9.53 Å². The van der Waals surface area contributed by atoms with E-state index < -0.39 is 0 Å². The Labute approximate surface area is 168 Å². The van der Waals surface area contributed by atoms with Crippen molar-refractivity contribution in [3.05, 3.63) is 29.8 Å². The van der Waals surface area contributed by atoms with Crippen LogP contribution < -0.4 is 20.7 Å². The minimum Gasteiger partial charge on any atom is -0.491 e. The third-order valence-corrected chi connectivity index (χ3v) is 2.99. The monoisotopic (exact) mass is 462 g/mol. The molecule has 0 aliphatic carbocycles. The van der Waals surface area contributed by atoms with Crippen molar-refractivity contribution in [2.45, 2.75) is 40.2 Å². The number of para-hydroxylation sites is 1. The molecule has 6 nitrogen and oxygen atoms in total. The number of ether oxygens (including phenoxy) is 1. The van der Waals surface area contributed by atoms with Gasteiger partial charge in [-0.15, -0.1) is 24.0 Å². The molecule has 0 heterocycles. The van der Waals surface area contributed by atoms with E-state index in [2.05, 4.69) is 20.9 Å². The van der Waals surface area contributed by atoms with Gasteiger partial charge in [0.2, 0.25) is 5.91 Å². The lowest BCUT2D eigenvalue weighted by Gasteiger charge is -2.20. The molecule has 0 spiro atoms. The largest absolute Gasteiger partial charge is 0.491 e. The van der Waals surface area contributed by atoms with Crippen LogP contribution in [0, 0.1) is 6.92 Å². The maximum absolute atomic E-state index is 11.8. The van der Waals surface area contributed by atoms with E-state index in [4.69, 9.17) is 4.74 Å². The number of rotatable bonds is 7. The topological polar surface area (TPSA) is 74.8 Å². The summed E-state index contributed by atoms with van der Waals surface area (Å²) in [5, 5.41) is 9.16. The first-order chi connectivity index (χ1) is 11.3. The predicted molar refractivity (Wildman–Crippen MR) is 114 cm³/mol. The van der Waals surface area contributed by atoms with Crippen molar-refractivity contribution in [3.8, 4) is 5.75 Å². The minimum atomic E-state index is -0.250. The number of carbonyl (C=O) groups is 1. The van der Waals surface area contributed by atoms with Crippen LogP contribution in [-0.2, 0) is 4.79 Å². The van der Waals surface area contributed by atoms with E-state index in [1.807, 2.05) is 58.9 Å². The van der Waals surface area contributed by atoms with Gasteiger partial charge in [-0.1, -0.05) is 18.2 Å². The lowest BCUT2D eigenvalue weighted by Crippen LogP contribution is -2.43. The van der Waals surface area contributed by atoms with Gasteiger partial charge >= 0.3 is 0 Å². The summed E-state index contributed by atoms with van der Waals surface area (Å²) in [5.41, 5.74) is 0.858. The zero-order valence-corrected chi connectivity index (χ0v) is 18.1. The Morgan fingerprint density at radius 2 is 1.88 bits per heavy atom. The molecule has 0 saturated carbocycles. The smallest absolute Gasteiger partial charge is 0.242 e. The van der Waals surface area contributed by atoms with Crippen LogP contribution in [0.25, 0.3) is 0 Å². The average Bonchev–Trinajstić information content (AvgIpc) is 2.49. The number of amides is 1. The molecule has 0 aliphatic heterocycles. The molecule has 0 aromatic heterocycles. The molecule has 0 aliphatic rings. The van der Waals surface area contributed by atoms with E-state index in [-0.39, 0.29) is 42.0 Å². The van der Waals surface area contributed by atoms with Crippen LogP contribution >= 0.6 is 24.0 Å². The highest BCUT2D eigenvalue weighted by atomic mass is 127. The van der Waals surface area contributed by atoms with Gasteiger partial charge < -0.3 is 20.7 Å². The molecule has 0 fully saturated rings. The molecule has 3 N–H and O–H groups in total. The van der Waals surface area contributed by atoms with Gasteiger partial charge in [-0.25, -0.2) is 4.99 Å². The Morgan fingerprint density at radius 1 is 1.20 bits per heavy atom. The van der Waals surface area contributed by atoms with Gasteiger partial charge in [0.1, 0.15) is 18.9 Å². The van der Waals surface area contributed by atoms with Gasteiger partial charge in [-0.05, 0) is 46.2 Å². The Kier molecular flexibility index (Phi) is 11.2. The van der Waals surface area contributed by atoms with E-state index in [1.54, 1.807) is 0 Å². The number of hydrogen-bond acceptors (Lipinski definition) is 3. The Morgan fingerprint density at radius 3 is 2.48 bits per heavy atom. The quantitative estimate of drug-likeness (QED) is 0.252. The summed E-state index contributed by atoms with van der Waals surface area (Å²) in [6.45, 7) is 11.8. The van der Waals surface area contributed by atoms with Crippen molar-refractivity contribution in [1.29, 1.82) is 0 Å². The van der Waals surface area contributed by atoms with Gasteiger partial charge in [0.15, 0.2) is 5.96 Å². The molecule has 0 saturated heterocycles.